The van der Waals surface area contributed by atoms with Crippen LogP contribution in [0.15, 0.2) is 59.8 Å². The number of aryl methyl sites for hydroxylation is 2. The topological polar surface area (TPSA) is 72.0 Å². The molecule has 1 heterocycles. The van der Waals surface area contributed by atoms with E-state index in [0.717, 1.165) is 22.5 Å². The summed E-state index contributed by atoms with van der Waals surface area (Å²) >= 11 is 1.32. The molecule has 0 saturated heterocycles. The van der Waals surface area contributed by atoms with Crippen LogP contribution in [0.1, 0.15) is 45.0 Å². The molecule has 6 heteroatoms. The maximum Gasteiger partial charge on any atom is 0.242 e. The standard InChI is InChI=1S/C23H23N3O2S/c1-14-15(2)24-23(25-16(14)3)29-21(18-9-6-5-7-10-18)22(28)26-20-12-8-11-19(13-20)17(4)27/h5-13,21H,1-4H3,(H,26,28). The normalized spacial score (nSPS) is 11.7. The van der Waals surface area contributed by atoms with Crippen LogP contribution in [0.3, 0.4) is 0 Å². The van der Waals surface area contributed by atoms with Crippen LogP contribution in [0, 0.1) is 20.8 Å². The number of amides is 1. The van der Waals surface area contributed by atoms with Crippen LogP contribution in [0.4, 0.5) is 5.69 Å². The molecule has 1 atom stereocenters. The van der Waals surface area contributed by atoms with E-state index in [1.54, 1.807) is 24.3 Å². The number of carbonyl (C=O) groups is 2. The molecule has 0 saturated carbocycles. The summed E-state index contributed by atoms with van der Waals surface area (Å²) in [6.07, 6.45) is 0. The molecule has 0 spiro atoms. The molecule has 0 radical (unpaired) electrons. The van der Waals surface area contributed by atoms with Gasteiger partial charge in [0.15, 0.2) is 10.9 Å². The van der Waals surface area contributed by atoms with E-state index in [2.05, 4.69) is 15.3 Å². The molecule has 3 rings (SSSR count). The maximum absolute atomic E-state index is 13.2. The zero-order valence-electron chi connectivity index (χ0n) is 16.9. The predicted octanol–water partition coefficient (Wildman–Crippen LogP) is 5.08. The van der Waals surface area contributed by atoms with Crippen LogP contribution in [0.25, 0.3) is 0 Å². The first kappa shape index (κ1) is 20.7. The first-order chi connectivity index (χ1) is 13.8. The van der Waals surface area contributed by atoms with E-state index in [4.69, 9.17) is 0 Å². The van der Waals surface area contributed by atoms with Crippen LogP contribution >= 0.6 is 11.8 Å². The Balaban J connectivity index is 1.91. The van der Waals surface area contributed by atoms with Gasteiger partial charge in [0.1, 0.15) is 5.25 Å². The summed E-state index contributed by atoms with van der Waals surface area (Å²) in [4.78, 5) is 33.9. The second-order valence-electron chi connectivity index (χ2n) is 6.84. The Morgan fingerprint density at radius 3 is 2.21 bits per heavy atom. The molecule has 2 aromatic carbocycles. The number of nitrogens with zero attached hydrogens (tertiary/aromatic N) is 2. The maximum atomic E-state index is 13.2. The minimum Gasteiger partial charge on any atom is -0.325 e. The van der Waals surface area contributed by atoms with Crippen molar-refractivity contribution >= 4 is 29.1 Å². The number of carbonyl (C=O) groups excluding carboxylic acids is 2. The number of anilines is 1. The van der Waals surface area contributed by atoms with Gasteiger partial charge in [0.05, 0.1) is 0 Å². The van der Waals surface area contributed by atoms with E-state index in [-0.39, 0.29) is 11.7 Å². The summed E-state index contributed by atoms with van der Waals surface area (Å²) in [6, 6.07) is 16.5. The van der Waals surface area contributed by atoms with Gasteiger partial charge in [-0.3, -0.25) is 9.59 Å². The fourth-order valence-electron chi connectivity index (χ4n) is 2.82. The summed E-state index contributed by atoms with van der Waals surface area (Å²) in [5, 5.41) is 2.96. The van der Waals surface area contributed by atoms with Gasteiger partial charge in [-0.25, -0.2) is 9.97 Å². The second-order valence-corrected chi connectivity index (χ2v) is 7.91. The average molecular weight is 406 g/mol. The highest BCUT2D eigenvalue weighted by Crippen LogP contribution is 2.35. The summed E-state index contributed by atoms with van der Waals surface area (Å²) in [7, 11) is 0. The van der Waals surface area contributed by atoms with E-state index < -0.39 is 5.25 Å². The van der Waals surface area contributed by atoms with Crippen molar-refractivity contribution in [2.24, 2.45) is 0 Å². The van der Waals surface area contributed by atoms with Crippen molar-refractivity contribution in [1.29, 1.82) is 0 Å². The van der Waals surface area contributed by atoms with Gasteiger partial charge in [0, 0.05) is 22.6 Å². The molecule has 0 aliphatic rings. The molecule has 0 fully saturated rings. The molecule has 0 aliphatic heterocycles. The predicted molar refractivity (Wildman–Crippen MR) is 116 cm³/mol. The van der Waals surface area contributed by atoms with Crippen molar-refractivity contribution < 1.29 is 9.59 Å². The van der Waals surface area contributed by atoms with Crippen LogP contribution in [0.5, 0.6) is 0 Å². The third-order valence-corrected chi connectivity index (χ3v) is 5.83. The Morgan fingerprint density at radius 2 is 1.59 bits per heavy atom. The van der Waals surface area contributed by atoms with Crippen molar-refractivity contribution in [2.45, 2.75) is 38.1 Å². The second kappa shape index (κ2) is 9.01. The number of hydrogen-bond donors (Lipinski definition) is 1. The number of Topliss-reactive ketones (excluding diaryl/α,β-unsaturated/α-hetero) is 1. The van der Waals surface area contributed by atoms with Crippen molar-refractivity contribution in [3.05, 3.63) is 82.7 Å². The quantitative estimate of drug-likeness (QED) is 0.352. The molecule has 29 heavy (non-hydrogen) atoms. The van der Waals surface area contributed by atoms with E-state index in [0.29, 0.717) is 16.4 Å². The largest absolute Gasteiger partial charge is 0.325 e. The fourth-order valence-corrected chi connectivity index (χ4v) is 3.87. The molecule has 1 unspecified atom stereocenters. The number of nitrogens with one attached hydrogen (secondary N) is 1. The summed E-state index contributed by atoms with van der Waals surface area (Å²) in [6.45, 7) is 7.38. The Bertz CT molecular complexity index is 1030. The fraction of sp³-hybridized carbons (Fsp3) is 0.217. The van der Waals surface area contributed by atoms with Gasteiger partial charge in [-0.1, -0.05) is 54.2 Å². The van der Waals surface area contributed by atoms with Crippen LogP contribution in [0.2, 0.25) is 0 Å². The van der Waals surface area contributed by atoms with E-state index in [9.17, 15) is 9.59 Å². The van der Waals surface area contributed by atoms with Gasteiger partial charge in [-0.2, -0.15) is 0 Å². The SMILES string of the molecule is CC(=O)c1cccc(NC(=O)C(Sc2nc(C)c(C)c(C)n2)c2ccccc2)c1. The molecule has 1 aromatic heterocycles. The van der Waals surface area contributed by atoms with Crippen molar-refractivity contribution in [3.63, 3.8) is 0 Å². The van der Waals surface area contributed by atoms with Crippen molar-refractivity contribution in [1.82, 2.24) is 9.97 Å². The highest BCUT2D eigenvalue weighted by molar-refractivity contribution is 8.00. The molecule has 148 valence electrons. The lowest BCUT2D eigenvalue weighted by Gasteiger charge is -2.17. The number of benzene rings is 2. The van der Waals surface area contributed by atoms with Crippen LogP contribution < -0.4 is 5.32 Å². The lowest BCUT2D eigenvalue weighted by Crippen LogP contribution is -2.19. The Kier molecular flexibility index (Phi) is 6.44. The molecule has 5 nitrogen and oxygen atoms in total. The minimum absolute atomic E-state index is 0.0471. The number of aromatic nitrogens is 2. The van der Waals surface area contributed by atoms with Gasteiger partial charge in [0.2, 0.25) is 5.91 Å². The third-order valence-electron chi connectivity index (χ3n) is 4.71. The minimum atomic E-state index is -0.529. The lowest BCUT2D eigenvalue weighted by molar-refractivity contribution is -0.115. The van der Waals surface area contributed by atoms with Gasteiger partial charge in [0.25, 0.3) is 0 Å². The average Bonchev–Trinajstić information content (AvgIpc) is 2.71. The zero-order valence-corrected chi connectivity index (χ0v) is 17.7. The smallest absolute Gasteiger partial charge is 0.242 e. The number of hydrogen-bond acceptors (Lipinski definition) is 5. The van der Waals surface area contributed by atoms with Gasteiger partial charge >= 0.3 is 0 Å². The number of rotatable bonds is 6. The first-order valence-corrected chi connectivity index (χ1v) is 10.2. The van der Waals surface area contributed by atoms with Crippen molar-refractivity contribution in [3.8, 4) is 0 Å². The highest BCUT2D eigenvalue weighted by atomic mass is 32.2. The van der Waals surface area contributed by atoms with E-state index in [1.165, 1.54) is 18.7 Å². The van der Waals surface area contributed by atoms with Gasteiger partial charge < -0.3 is 5.32 Å². The van der Waals surface area contributed by atoms with Crippen LogP contribution in [-0.4, -0.2) is 21.7 Å². The van der Waals surface area contributed by atoms with Gasteiger partial charge in [-0.15, -0.1) is 0 Å². The monoisotopic (exact) mass is 405 g/mol. The van der Waals surface area contributed by atoms with Gasteiger partial charge in [-0.05, 0) is 51.0 Å². The summed E-state index contributed by atoms with van der Waals surface area (Å²) in [5.74, 6) is -0.240. The summed E-state index contributed by atoms with van der Waals surface area (Å²) in [5.41, 5.74) is 4.86. The molecule has 3 aromatic rings. The lowest BCUT2D eigenvalue weighted by atomic mass is 10.1. The van der Waals surface area contributed by atoms with Crippen molar-refractivity contribution in [2.75, 3.05) is 5.32 Å². The molecular formula is C23H23N3O2S. The highest BCUT2D eigenvalue weighted by Gasteiger charge is 2.24. The molecular weight excluding hydrogens is 382 g/mol. The molecule has 0 bridgehead atoms. The third kappa shape index (κ3) is 5.09. The zero-order chi connectivity index (χ0) is 21.0. The molecule has 1 N–H and O–H groups in total. The van der Waals surface area contributed by atoms with E-state index >= 15 is 0 Å². The van der Waals surface area contributed by atoms with E-state index in [1.807, 2.05) is 51.1 Å². The molecule has 0 aliphatic carbocycles. The number of thioether (sulfide) groups is 1. The Hall–Kier alpha value is -2.99. The van der Waals surface area contributed by atoms with Crippen LogP contribution in [-0.2, 0) is 4.79 Å². The summed E-state index contributed by atoms with van der Waals surface area (Å²) < 4.78 is 0. The number of ketones is 1. The molecule has 1 amide bonds. The Morgan fingerprint density at radius 1 is 0.931 bits per heavy atom. The first-order valence-electron chi connectivity index (χ1n) is 9.30. The Labute approximate surface area is 175 Å².